The molecule has 138 valence electrons. The summed E-state index contributed by atoms with van der Waals surface area (Å²) < 4.78 is 0. The van der Waals surface area contributed by atoms with E-state index in [1.807, 2.05) is 66.9 Å². The second kappa shape index (κ2) is 9.19. The van der Waals surface area contributed by atoms with Gasteiger partial charge in [-0.3, -0.25) is 4.79 Å². The minimum atomic E-state index is 0.0125. The number of benzene rings is 2. The molecule has 1 heterocycles. The Labute approximate surface area is 163 Å². The van der Waals surface area contributed by atoms with Crippen LogP contribution in [0.2, 0.25) is 0 Å². The van der Waals surface area contributed by atoms with Crippen molar-refractivity contribution < 1.29 is 4.79 Å². The van der Waals surface area contributed by atoms with E-state index in [4.69, 9.17) is 0 Å². The minimum absolute atomic E-state index is 0.0125. The minimum Gasteiger partial charge on any atom is -0.340 e. The average molecular weight is 379 g/mol. The lowest BCUT2D eigenvalue weighted by Gasteiger charge is -2.22. The Morgan fingerprint density at radius 1 is 1.04 bits per heavy atom. The molecule has 0 saturated carbocycles. The molecule has 5 nitrogen and oxygen atoms in total. The largest absolute Gasteiger partial charge is 0.340 e. The lowest BCUT2D eigenvalue weighted by molar-refractivity contribution is -0.130. The lowest BCUT2D eigenvalue weighted by Crippen LogP contribution is -2.28. The van der Waals surface area contributed by atoms with E-state index in [-0.39, 0.29) is 5.91 Å². The number of nitrogens with zero attached hydrogens (tertiary/aromatic N) is 3. The maximum Gasteiger partial charge on any atom is 0.220 e. The highest BCUT2D eigenvalue weighted by molar-refractivity contribution is 7.98. The van der Waals surface area contributed by atoms with Crippen LogP contribution < -0.4 is 5.32 Å². The highest BCUT2D eigenvalue weighted by atomic mass is 32.2. The summed E-state index contributed by atoms with van der Waals surface area (Å²) >= 11 is 1.49. The molecule has 0 aliphatic heterocycles. The second-order valence-electron chi connectivity index (χ2n) is 6.08. The maximum atomic E-state index is 12.2. The predicted molar refractivity (Wildman–Crippen MR) is 110 cm³/mol. The Kier molecular flexibility index (Phi) is 6.44. The maximum absolute atomic E-state index is 12.2. The van der Waals surface area contributed by atoms with Crippen LogP contribution in [0.4, 0.5) is 11.5 Å². The van der Waals surface area contributed by atoms with Gasteiger partial charge in [0.1, 0.15) is 5.82 Å². The van der Waals surface area contributed by atoms with Gasteiger partial charge < -0.3 is 10.2 Å². The molecule has 0 spiro atoms. The average Bonchev–Trinajstić information content (AvgIpc) is 2.70. The summed E-state index contributed by atoms with van der Waals surface area (Å²) in [5.74, 6) is 0.735. The fourth-order valence-corrected chi connectivity index (χ4v) is 3.00. The van der Waals surface area contributed by atoms with Crippen molar-refractivity contribution in [2.45, 2.75) is 25.2 Å². The fourth-order valence-electron chi connectivity index (χ4n) is 2.66. The molecule has 0 radical (unpaired) electrons. The number of amides is 1. The van der Waals surface area contributed by atoms with Crippen molar-refractivity contribution in [3.8, 4) is 0 Å². The molecule has 0 saturated heterocycles. The highest BCUT2D eigenvalue weighted by Crippen LogP contribution is 2.23. The molecule has 3 aromatic rings. The van der Waals surface area contributed by atoms with E-state index >= 15 is 0 Å². The zero-order valence-corrected chi connectivity index (χ0v) is 16.2. The first kappa shape index (κ1) is 18.9. The summed E-state index contributed by atoms with van der Waals surface area (Å²) in [5.41, 5.74) is 2.91. The number of rotatable bonds is 7. The van der Waals surface area contributed by atoms with E-state index in [2.05, 4.69) is 15.3 Å². The summed E-state index contributed by atoms with van der Waals surface area (Å²) in [5, 5.41) is 4.04. The summed E-state index contributed by atoms with van der Waals surface area (Å²) in [6, 6.07) is 19.8. The molecule has 0 unspecified atom stereocenters. The number of nitrogens with one attached hydrogen (secondary N) is 1. The Hall–Kier alpha value is -2.86. The molecule has 0 bridgehead atoms. The Morgan fingerprint density at radius 2 is 1.70 bits per heavy atom. The topological polar surface area (TPSA) is 58.1 Å². The van der Waals surface area contributed by atoms with E-state index in [1.54, 1.807) is 18.0 Å². The number of aromatic nitrogens is 2. The van der Waals surface area contributed by atoms with Gasteiger partial charge in [0.15, 0.2) is 5.16 Å². The lowest BCUT2D eigenvalue weighted by atomic mass is 10.2. The van der Waals surface area contributed by atoms with Gasteiger partial charge in [-0.05, 0) is 24.0 Å². The van der Waals surface area contributed by atoms with Gasteiger partial charge in [-0.25, -0.2) is 9.97 Å². The third-order valence-electron chi connectivity index (χ3n) is 4.08. The number of carbonyl (C=O) groups excluding carboxylic acids is 1. The third-order valence-corrected chi connectivity index (χ3v) is 4.65. The zero-order valence-electron chi connectivity index (χ0n) is 15.4. The molecule has 0 aliphatic carbocycles. The molecule has 0 atom stereocenters. The number of hydrogen-bond acceptors (Lipinski definition) is 5. The van der Waals surface area contributed by atoms with E-state index in [0.29, 0.717) is 18.2 Å². The number of hydrogen-bond donors (Lipinski definition) is 1. The molecule has 2 aromatic carbocycles. The van der Waals surface area contributed by atoms with Gasteiger partial charge in [0.2, 0.25) is 5.91 Å². The molecule has 6 heteroatoms. The predicted octanol–water partition coefficient (Wildman–Crippen LogP) is 4.49. The van der Waals surface area contributed by atoms with Crippen LogP contribution in [-0.4, -0.2) is 27.0 Å². The first-order valence-corrected chi connectivity index (χ1v) is 9.89. The first-order chi connectivity index (χ1) is 13.2. The Morgan fingerprint density at radius 3 is 2.33 bits per heavy atom. The SMILES string of the molecule is CSc1ncc(CN(Cc2ccccc2)C(C)=O)c(Nc2ccccc2)n1. The summed E-state index contributed by atoms with van der Waals surface area (Å²) in [6.45, 7) is 2.57. The van der Waals surface area contributed by atoms with Crippen LogP contribution in [0.25, 0.3) is 0 Å². The number of thioether (sulfide) groups is 1. The fraction of sp³-hybridized carbons (Fsp3) is 0.190. The smallest absolute Gasteiger partial charge is 0.220 e. The van der Waals surface area contributed by atoms with Gasteiger partial charge >= 0.3 is 0 Å². The second-order valence-corrected chi connectivity index (χ2v) is 6.86. The highest BCUT2D eigenvalue weighted by Gasteiger charge is 2.15. The summed E-state index contributed by atoms with van der Waals surface area (Å²) in [4.78, 5) is 23.0. The third kappa shape index (κ3) is 5.31. The van der Waals surface area contributed by atoms with Gasteiger partial charge in [0.25, 0.3) is 0 Å². The van der Waals surface area contributed by atoms with Gasteiger partial charge in [-0.2, -0.15) is 0 Å². The van der Waals surface area contributed by atoms with Crippen molar-refractivity contribution in [1.82, 2.24) is 14.9 Å². The van der Waals surface area contributed by atoms with Crippen molar-refractivity contribution in [3.63, 3.8) is 0 Å². The van der Waals surface area contributed by atoms with Crippen LogP contribution in [0.3, 0.4) is 0 Å². The standard InChI is InChI=1S/C21H22N4OS/c1-16(26)25(14-17-9-5-3-6-10-17)15-18-13-22-21(27-2)24-20(18)23-19-11-7-4-8-12-19/h3-13H,14-15H2,1-2H3,(H,22,23,24). The van der Waals surface area contributed by atoms with E-state index in [0.717, 1.165) is 22.6 Å². The van der Waals surface area contributed by atoms with Gasteiger partial charge in [-0.1, -0.05) is 60.3 Å². The van der Waals surface area contributed by atoms with Gasteiger partial charge in [-0.15, -0.1) is 0 Å². The van der Waals surface area contributed by atoms with Crippen molar-refractivity contribution in [1.29, 1.82) is 0 Å². The number of carbonyl (C=O) groups is 1. The normalized spacial score (nSPS) is 10.4. The Balaban J connectivity index is 1.86. The van der Waals surface area contributed by atoms with Crippen LogP contribution in [0.15, 0.2) is 72.0 Å². The summed E-state index contributed by atoms with van der Waals surface area (Å²) in [7, 11) is 0. The molecule has 0 fully saturated rings. The monoisotopic (exact) mass is 378 g/mol. The number of anilines is 2. The van der Waals surface area contributed by atoms with Crippen molar-refractivity contribution >= 4 is 29.2 Å². The number of para-hydroxylation sites is 1. The van der Waals surface area contributed by atoms with Gasteiger partial charge in [0.05, 0.1) is 6.54 Å². The zero-order chi connectivity index (χ0) is 19.1. The van der Waals surface area contributed by atoms with Crippen molar-refractivity contribution in [2.75, 3.05) is 11.6 Å². The molecule has 3 rings (SSSR count). The quantitative estimate of drug-likeness (QED) is 0.485. The van der Waals surface area contributed by atoms with Gasteiger partial charge in [0, 0.05) is 30.9 Å². The molecule has 1 aromatic heterocycles. The van der Waals surface area contributed by atoms with Crippen molar-refractivity contribution in [2.24, 2.45) is 0 Å². The van der Waals surface area contributed by atoms with Crippen LogP contribution in [0.5, 0.6) is 0 Å². The van der Waals surface area contributed by atoms with Crippen LogP contribution in [-0.2, 0) is 17.9 Å². The van der Waals surface area contributed by atoms with E-state index < -0.39 is 0 Å². The molecular weight excluding hydrogens is 356 g/mol. The molecule has 1 N–H and O–H groups in total. The molecule has 27 heavy (non-hydrogen) atoms. The van der Waals surface area contributed by atoms with Crippen LogP contribution >= 0.6 is 11.8 Å². The van der Waals surface area contributed by atoms with E-state index in [1.165, 1.54) is 11.8 Å². The van der Waals surface area contributed by atoms with Crippen molar-refractivity contribution in [3.05, 3.63) is 78.0 Å². The molecule has 1 amide bonds. The van der Waals surface area contributed by atoms with Crippen LogP contribution in [0, 0.1) is 0 Å². The first-order valence-electron chi connectivity index (χ1n) is 8.67. The van der Waals surface area contributed by atoms with Crippen LogP contribution in [0.1, 0.15) is 18.1 Å². The molecule has 0 aliphatic rings. The molecular formula is C21H22N4OS. The summed E-state index contributed by atoms with van der Waals surface area (Å²) in [6.07, 6.45) is 3.74. The van der Waals surface area contributed by atoms with E-state index in [9.17, 15) is 4.79 Å². The Bertz CT molecular complexity index is 887.